The molecule has 126 valence electrons. The number of nitrogens with zero attached hydrogens (tertiary/aromatic N) is 1. The van der Waals surface area contributed by atoms with E-state index in [0.717, 1.165) is 25.7 Å². The molecule has 4 nitrogen and oxygen atoms in total. The molecule has 0 radical (unpaired) electrons. The molecule has 1 saturated heterocycles. The lowest BCUT2D eigenvalue weighted by Crippen LogP contribution is -2.47. The first kappa shape index (κ1) is 17.8. The largest absolute Gasteiger partial charge is 0.353 e. The molecule has 1 fully saturated rings. The highest BCUT2D eigenvalue weighted by molar-refractivity contribution is 6.30. The van der Waals surface area contributed by atoms with Gasteiger partial charge in [-0.3, -0.25) is 9.59 Å². The number of piperidine rings is 1. The SMILES string of the molecule is CCC[C@@H](C)NC(=O)[C@@H]1CCCN(C(=O)c2ccc(Cl)cc2)C1. The Morgan fingerprint density at radius 3 is 2.70 bits per heavy atom. The van der Waals surface area contributed by atoms with Crippen LogP contribution >= 0.6 is 11.6 Å². The molecule has 2 amide bonds. The van der Waals surface area contributed by atoms with Gasteiger partial charge in [-0.05, 0) is 50.5 Å². The summed E-state index contributed by atoms with van der Waals surface area (Å²) in [4.78, 5) is 26.7. The lowest BCUT2D eigenvalue weighted by atomic mass is 9.96. The zero-order valence-electron chi connectivity index (χ0n) is 13.8. The van der Waals surface area contributed by atoms with Crippen LogP contribution in [0.2, 0.25) is 5.02 Å². The number of amides is 2. The molecule has 23 heavy (non-hydrogen) atoms. The van der Waals surface area contributed by atoms with E-state index in [2.05, 4.69) is 12.2 Å². The number of carbonyl (C=O) groups is 2. The molecular weight excluding hydrogens is 312 g/mol. The summed E-state index contributed by atoms with van der Waals surface area (Å²) < 4.78 is 0. The number of benzene rings is 1. The minimum absolute atomic E-state index is 0.0271. The van der Waals surface area contributed by atoms with Crippen LogP contribution in [0.1, 0.15) is 49.9 Å². The van der Waals surface area contributed by atoms with Crippen molar-refractivity contribution in [1.29, 1.82) is 0 Å². The average Bonchev–Trinajstić information content (AvgIpc) is 2.55. The molecule has 0 unspecified atom stereocenters. The van der Waals surface area contributed by atoms with Gasteiger partial charge in [0.1, 0.15) is 0 Å². The summed E-state index contributed by atoms with van der Waals surface area (Å²) in [6, 6.07) is 7.09. The van der Waals surface area contributed by atoms with Crippen molar-refractivity contribution in [3.8, 4) is 0 Å². The highest BCUT2D eigenvalue weighted by Crippen LogP contribution is 2.20. The van der Waals surface area contributed by atoms with E-state index < -0.39 is 0 Å². The summed E-state index contributed by atoms with van der Waals surface area (Å²) in [6.07, 6.45) is 3.73. The Labute approximate surface area is 143 Å². The van der Waals surface area contributed by atoms with Crippen molar-refractivity contribution in [1.82, 2.24) is 10.2 Å². The van der Waals surface area contributed by atoms with Crippen molar-refractivity contribution < 1.29 is 9.59 Å². The van der Waals surface area contributed by atoms with Crippen LogP contribution in [0.4, 0.5) is 0 Å². The van der Waals surface area contributed by atoms with Gasteiger partial charge in [-0.1, -0.05) is 24.9 Å². The molecule has 0 aromatic heterocycles. The first-order chi connectivity index (χ1) is 11.0. The van der Waals surface area contributed by atoms with E-state index in [9.17, 15) is 9.59 Å². The standard InChI is InChI=1S/C18H25ClN2O2/c1-3-5-13(2)20-17(22)15-6-4-11-21(12-15)18(23)14-7-9-16(19)10-8-14/h7-10,13,15H,3-6,11-12H2,1-2H3,(H,20,22)/t13-,15-/m1/s1. The second kappa shape index (κ2) is 8.34. The molecule has 2 rings (SSSR count). The molecular formula is C18H25ClN2O2. The summed E-state index contributed by atoms with van der Waals surface area (Å²) in [5, 5.41) is 3.68. The molecule has 1 heterocycles. The zero-order valence-corrected chi connectivity index (χ0v) is 14.6. The number of hydrogen-bond acceptors (Lipinski definition) is 2. The molecule has 5 heteroatoms. The van der Waals surface area contributed by atoms with E-state index in [1.807, 2.05) is 6.92 Å². The number of likely N-dealkylation sites (tertiary alicyclic amines) is 1. The number of carbonyl (C=O) groups excluding carboxylic acids is 2. The van der Waals surface area contributed by atoms with Gasteiger partial charge < -0.3 is 10.2 Å². The van der Waals surface area contributed by atoms with Crippen LogP contribution in [0.15, 0.2) is 24.3 Å². The van der Waals surface area contributed by atoms with E-state index in [1.54, 1.807) is 29.2 Å². The van der Waals surface area contributed by atoms with Gasteiger partial charge in [0, 0.05) is 29.7 Å². The second-order valence-corrected chi connectivity index (χ2v) is 6.73. The van der Waals surface area contributed by atoms with Crippen LogP contribution < -0.4 is 5.32 Å². The number of halogens is 1. The van der Waals surface area contributed by atoms with Gasteiger partial charge in [-0.15, -0.1) is 0 Å². The maximum atomic E-state index is 12.6. The molecule has 0 aliphatic carbocycles. The molecule has 1 aromatic carbocycles. The van der Waals surface area contributed by atoms with Gasteiger partial charge in [-0.2, -0.15) is 0 Å². The average molecular weight is 337 g/mol. The van der Waals surface area contributed by atoms with Crippen molar-refractivity contribution in [3.63, 3.8) is 0 Å². The predicted molar refractivity (Wildman–Crippen MR) is 92.6 cm³/mol. The molecule has 0 spiro atoms. The Morgan fingerprint density at radius 2 is 2.04 bits per heavy atom. The Hall–Kier alpha value is -1.55. The molecule has 1 aliphatic rings. The van der Waals surface area contributed by atoms with Crippen molar-refractivity contribution in [2.45, 2.75) is 45.6 Å². The summed E-state index contributed by atoms with van der Waals surface area (Å²) in [6.45, 7) is 5.33. The lowest BCUT2D eigenvalue weighted by Gasteiger charge is -2.32. The smallest absolute Gasteiger partial charge is 0.253 e. The molecule has 1 N–H and O–H groups in total. The highest BCUT2D eigenvalue weighted by atomic mass is 35.5. The molecule has 1 aromatic rings. The predicted octanol–water partition coefficient (Wildman–Crippen LogP) is 3.50. The third-order valence-electron chi connectivity index (χ3n) is 4.28. The highest BCUT2D eigenvalue weighted by Gasteiger charge is 2.29. The summed E-state index contributed by atoms with van der Waals surface area (Å²) in [7, 11) is 0. The second-order valence-electron chi connectivity index (χ2n) is 6.30. The molecule has 0 saturated carbocycles. The molecule has 0 bridgehead atoms. The minimum atomic E-state index is -0.112. The Bertz CT molecular complexity index is 544. The monoisotopic (exact) mass is 336 g/mol. The molecule has 2 atom stereocenters. The Kier molecular flexibility index (Phi) is 6.46. The van der Waals surface area contributed by atoms with Gasteiger partial charge in [0.2, 0.25) is 5.91 Å². The topological polar surface area (TPSA) is 49.4 Å². The summed E-state index contributed by atoms with van der Waals surface area (Å²) in [5.74, 6) is -0.0698. The fourth-order valence-corrected chi connectivity index (χ4v) is 3.14. The maximum absolute atomic E-state index is 12.6. The minimum Gasteiger partial charge on any atom is -0.353 e. The van der Waals surface area contributed by atoms with Crippen molar-refractivity contribution in [2.75, 3.05) is 13.1 Å². The number of nitrogens with one attached hydrogen (secondary N) is 1. The Morgan fingerprint density at radius 1 is 1.35 bits per heavy atom. The van der Waals surface area contributed by atoms with Crippen LogP contribution in [0.3, 0.4) is 0 Å². The third kappa shape index (κ3) is 4.96. The first-order valence-corrected chi connectivity index (χ1v) is 8.74. The van der Waals surface area contributed by atoms with Crippen molar-refractivity contribution >= 4 is 23.4 Å². The fourth-order valence-electron chi connectivity index (χ4n) is 3.02. The molecule has 1 aliphatic heterocycles. The fraction of sp³-hybridized carbons (Fsp3) is 0.556. The van der Waals surface area contributed by atoms with E-state index in [0.29, 0.717) is 23.7 Å². The van der Waals surface area contributed by atoms with Crippen LogP contribution in [-0.4, -0.2) is 35.8 Å². The Balaban J connectivity index is 1.96. The van der Waals surface area contributed by atoms with Crippen LogP contribution in [0.25, 0.3) is 0 Å². The summed E-state index contributed by atoms with van der Waals surface area (Å²) >= 11 is 5.86. The maximum Gasteiger partial charge on any atom is 0.253 e. The van der Waals surface area contributed by atoms with Crippen LogP contribution in [-0.2, 0) is 4.79 Å². The van der Waals surface area contributed by atoms with Gasteiger partial charge in [-0.25, -0.2) is 0 Å². The zero-order chi connectivity index (χ0) is 16.8. The lowest BCUT2D eigenvalue weighted by molar-refractivity contribution is -0.127. The van der Waals surface area contributed by atoms with Crippen LogP contribution in [0.5, 0.6) is 0 Å². The van der Waals surface area contributed by atoms with E-state index in [4.69, 9.17) is 11.6 Å². The van der Waals surface area contributed by atoms with E-state index in [-0.39, 0.29) is 23.8 Å². The van der Waals surface area contributed by atoms with E-state index in [1.165, 1.54) is 0 Å². The van der Waals surface area contributed by atoms with Crippen molar-refractivity contribution in [3.05, 3.63) is 34.9 Å². The van der Waals surface area contributed by atoms with Gasteiger partial charge in [0.25, 0.3) is 5.91 Å². The summed E-state index contributed by atoms with van der Waals surface area (Å²) in [5.41, 5.74) is 0.620. The first-order valence-electron chi connectivity index (χ1n) is 8.36. The van der Waals surface area contributed by atoms with Crippen LogP contribution in [0, 0.1) is 5.92 Å². The van der Waals surface area contributed by atoms with E-state index >= 15 is 0 Å². The van der Waals surface area contributed by atoms with Crippen molar-refractivity contribution in [2.24, 2.45) is 5.92 Å². The number of rotatable bonds is 5. The third-order valence-corrected chi connectivity index (χ3v) is 4.53. The van der Waals surface area contributed by atoms with Gasteiger partial charge in [0.05, 0.1) is 5.92 Å². The normalized spacial score (nSPS) is 19.3. The van der Waals surface area contributed by atoms with Gasteiger partial charge >= 0.3 is 0 Å². The number of hydrogen-bond donors (Lipinski definition) is 1. The quantitative estimate of drug-likeness (QED) is 0.894. The van der Waals surface area contributed by atoms with Gasteiger partial charge in [0.15, 0.2) is 0 Å².